The predicted octanol–water partition coefficient (Wildman–Crippen LogP) is -0.587. The molecule has 0 aliphatic carbocycles. The molecule has 1 aromatic rings. The summed E-state index contributed by atoms with van der Waals surface area (Å²) >= 11 is 0. The van der Waals surface area contributed by atoms with Crippen molar-refractivity contribution in [1.29, 1.82) is 0 Å². The van der Waals surface area contributed by atoms with Gasteiger partial charge in [0.05, 0.1) is 7.11 Å². The minimum Gasteiger partial charge on any atom is -0.480 e. The summed E-state index contributed by atoms with van der Waals surface area (Å²) in [5, 5.41) is 8.75. The highest BCUT2D eigenvalue weighted by molar-refractivity contribution is 7.89. The van der Waals surface area contributed by atoms with E-state index in [-0.39, 0.29) is 17.9 Å². The topological polar surface area (TPSA) is 128 Å². The molecule has 0 saturated heterocycles. The number of carbonyl (C=O) groups is 2. The highest BCUT2D eigenvalue weighted by Crippen LogP contribution is 2.10. The minimum atomic E-state index is -4.08. The second-order valence-electron chi connectivity index (χ2n) is 4.36. The lowest BCUT2D eigenvalue weighted by atomic mass is 10.2. The molecule has 2 N–H and O–H groups in total. The lowest BCUT2D eigenvalue weighted by Crippen LogP contribution is -2.41. The van der Waals surface area contributed by atoms with Crippen LogP contribution in [-0.2, 0) is 31.4 Å². The van der Waals surface area contributed by atoms with Crippen LogP contribution in [0.4, 0.5) is 0 Å². The van der Waals surface area contributed by atoms with Gasteiger partial charge in [0, 0.05) is 19.7 Å². The molecular formula is C11H17N3O6S. The molecule has 0 aliphatic rings. The Morgan fingerprint density at radius 2 is 2.14 bits per heavy atom. The fourth-order valence-electron chi connectivity index (χ4n) is 1.50. The molecule has 1 atom stereocenters. The number of aryl methyl sites for hydroxylation is 2. The maximum absolute atomic E-state index is 12.1. The number of carbonyl (C=O) groups excluding carboxylic acids is 1. The SMILES string of the molecule is COC(=O)CC[C@H](NS(=O)(=O)c1cn(C)c(C)n1)C(=O)O. The van der Waals surface area contributed by atoms with Crippen molar-refractivity contribution < 1.29 is 27.9 Å². The van der Waals surface area contributed by atoms with Crippen molar-refractivity contribution in [3.05, 3.63) is 12.0 Å². The Morgan fingerprint density at radius 3 is 2.57 bits per heavy atom. The van der Waals surface area contributed by atoms with Gasteiger partial charge in [-0.2, -0.15) is 4.72 Å². The van der Waals surface area contributed by atoms with E-state index in [1.165, 1.54) is 17.9 Å². The molecule has 118 valence electrons. The third-order valence-corrected chi connectivity index (χ3v) is 4.16. The first kappa shape index (κ1) is 17.1. The number of aromatic nitrogens is 2. The van der Waals surface area contributed by atoms with E-state index in [1.807, 2.05) is 4.72 Å². The summed E-state index contributed by atoms with van der Waals surface area (Å²) in [5.41, 5.74) is 0. The molecule has 1 heterocycles. The van der Waals surface area contributed by atoms with Crippen LogP contribution < -0.4 is 4.72 Å². The van der Waals surface area contributed by atoms with Gasteiger partial charge in [-0.1, -0.05) is 0 Å². The number of carboxylic acid groups (broad SMARTS) is 1. The standard InChI is InChI=1S/C11H17N3O6S/c1-7-12-9(6-14(7)2)21(18,19)13-8(11(16)17)4-5-10(15)20-3/h6,8,13H,4-5H2,1-3H3,(H,16,17)/t8-/m0/s1. The summed E-state index contributed by atoms with van der Waals surface area (Å²) in [7, 11) is -1.29. The lowest BCUT2D eigenvalue weighted by Gasteiger charge is -2.12. The van der Waals surface area contributed by atoms with Crippen molar-refractivity contribution in [3.63, 3.8) is 0 Å². The Bertz CT molecular complexity index is 617. The molecule has 1 rings (SSSR count). The molecule has 0 saturated carbocycles. The van der Waals surface area contributed by atoms with Gasteiger partial charge in [0.25, 0.3) is 10.0 Å². The van der Waals surface area contributed by atoms with E-state index in [2.05, 4.69) is 9.72 Å². The van der Waals surface area contributed by atoms with Crippen molar-refractivity contribution in [2.75, 3.05) is 7.11 Å². The number of aliphatic carboxylic acids is 1. The molecule has 0 amide bonds. The van der Waals surface area contributed by atoms with E-state index >= 15 is 0 Å². The van der Waals surface area contributed by atoms with Crippen LogP contribution in [0.3, 0.4) is 0 Å². The lowest BCUT2D eigenvalue weighted by molar-refractivity contribution is -0.142. The molecule has 0 radical (unpaired) electrons. The maximum Gasteiger partial charge on any atom is 0.321 e. The van der Waals surface area contributed by atoms with Crippen LogP contribution in [-0.4, -0.2) is 48.2 Å². The van der Waals surface area contributed by atoms with Gasteiger partial charge in [0.15, 0.2) is 5.03 Å². The van der Waals surface area contributed by atoms with E-state index in [0.29, 0.717) is 5.82 Å². The second kappa shape index (κ2) is 6.68. The largest absolute Gasteiger partial charge is 0.480 e. The average Bonchev–Trinajstić information content (AvgIpc) is 2.74. The monoisotopic (exact) mass is 319 g/mol. The van der Waals surface area contributed by atoms with Crippen LogP contribution in [0.2, 0.25) is 0 Å². The van der Waals surface area contributed by atoms with E-state index < -0.39 is 28.0 Å². The van der Waals surface area contributed by atoms with Crippen LogP contribution in [0, 0.1) is 6.92 Å². The Labute approximate surface area is 122 Å². The number of esters is 1. The first-order valence-corrected chi connectivity index (χ1v) is 7.47. The van der Waals surface area contributed by atoms with E-state index in [1.54, 1.807) is 14.0 Å². The normalized spacial score (nSPS) is 12.9. The molecular weight excluding hydrogens is 302 g/mol. The number of imidazole rings is 1. The van der Waals surface area contributed by atoms with Gasteiger partial charge in [-0.3, -0.25) is 9.59 Å². The predicted molar refractivity (Wildman–Crippen MR) is 70.9 cm³/mol. The quantitative estimate of drug-likeness (QED) is 0.643. The summed E-state index contributed by atoms with van der Waals surface area (Å²) in [5.74, 6) is -1.53. The number of ether oxygens (including phenoxy) is 1. The number of nitrogens with zero attached hydrogens (tertiary/aromatic N) is 2. The zero-order valence-electron chi connectivity index (χ0n) is 11.9. The van der Waals surface area contributed by atoms with Gasteiger partial charge >= 0.3 is 11.9 Å². The fraction of sp³-hybridized carbons (Fsp3) is 0.545. The number of hydrogen-bond acceptors (Lipinski definition) is 6. The maximum atomic E-state index is 12.1. The molecule has 21 heavy (non-hydrogen) atoms. The highest BCUT2D eigenvalue weighted by atomic mass is 32.2. The Kier molecular flexibility index (Phi) is 5.44. The van der Waals surface area contributed by atoms with E-state index in [0.717, 1.165) is 0 Å². The summed E-state index contributed by atoms with van der Waals surface area (Å²) in [4.78, 5) is 25.9. The smallest absolute Gasteiger partial charge is 0.321 e. The molecule has 0 aromatic carbocycles. The fourth-order valence-corrected chi connectivity index (χ4v) is 2.76. The first-order valence-electron chi connectivity index (χ1n) is 5.99. The number of methoxy groups -OCH3 is 1. The third kappa shape index (κ3) is 4.53. The molecule has 0 spiro atoms. The molecule has 0 unspecified atom stereocenters. The highest BCUT2D eigenvalue weighted by Gasteiger charge is 2.27. The van der Waals surface area contributed by atoms with Crippen LogP contribution in [0.25, 0.3) is 0 Å². The van der Waals surface area contributed by atoms with Gasteiger partial charge in [-0.05, 0) is 13.3 Å². The molecule has 0 aliphatic heterocycles. The average molecular weight is 319 g/mol. The zero-order chi connectivity index (χ0) is 16.2. The van der Waals surface area contributed by atoms with Crippen LogP contribution in [0.15, 0.2) is 11.2 Å². The number of carboxylic acids is 1. The van der Waals surface area contributed by atoms with Crippen LogP contribution in [0.1, 0.15) is 18.7 Å². The van der Waals surface area contributed by atoms with Crippen molar-refractivity contribution in [1.82, 2.24) is 14.3 Å². The Morgan fingerprint density at radius 1 is 1.52 bits per heavy atom. The number of rotatable bonds is 7. The number of nitrogens with one attached hydrogen (secondary N) is 1. The number of sulfonamides is 1. The summed E-state index contributed by atoms with van der Waals surface area (Å²) in [6.45, 7) is 1.62. The molecule has 9 nitrogen and oxygen atoms in total. The van der Waals surface area contributed by atoms with Gasteiger partial charge in [0.1, 0.15) is 11.9 Å². The zero-order valence-corrected chi connectivity index (χ0v) is 12.7. The van der Waals surface area contributed by atoms with Crippen molar-refractivity contribution in [2.45, 2.75) is 30.8 Å². The van der Waals surface area contributed by atoms with Gasteiger partial charge < -0.3 is 14.4 Å². The second-order valence-corrected chi connectivity index (χ2v) is 6.03. The Balaban J connectivity index is 2.87. The van der Waals surface area contributed by atoms with Gasteiger partial charge in [-0.15, -0.1) is 0 Å². The summed E-state index contributed by atoms with van der Waals surface area (Å²) < 4.78 is 32.0. The number of hydrogen-bond donors (Lipinski definition) is 2. The molecule has 10 heteroatoms. The van der Waals surface area contributed by atoms with Crippen molar-refractivity contribution in [3.8, 4) is 0 Å². The van der Waals surface area contributed by atoms with Gasteiger partial charge in [-0.25, -0.2) is 13.4 Å². The Hall–Kier alpha value is -1.94. The first-order chi connectivity index (χ1) is 9.67. The minimum absolute atomic E-state index is 0.211. The third-order valence-electron chi connectivity index (χ3n) is 2.82. The molecule has 1 aromatic heterocycles. The van der Waals surface area contributed by atoms with Gasteiger partial charge in [0.2, 0.25) is 0 Å². The van der Waals surface area contributed by atoms with Crippen LogP contribution in [0.5, 0.6) is 0 Å². The van der Waals surface area contributed by atoms with Crippen molar-refractivity contribution in [2.24, 2.45) is 7.05 Å². The van der Waals surface area contributed by atoms with E-state index in [9.17, 15) is 18.0 Å². The van der Waals surface area contributed by atoms with Crippen LogP contribution >= 0.6 is 0 Å². The van der Waals surface area contributed by atoms with Crippen molar-refractivity contribution >= 4 is 22.0 Å². The molecule has 0 fully saturated rings. The summed E-state index contributed by atoms with van der Waals surface area (Å²) in [6, 6.07) is -1.43. The molecule has 0 bridgehead atoms. The summed E-state index contributed by atoms with van der Waals surface area (Å²) in [6.07, 6.45) is 0.848. The van der Waals surface area contributed by atoms with E-state index in [4.69, 9.17) is 5.11 Å².